The normalized spacial score (nSPS) is 22.6. The van der Waals surface area contributed by atoms with Crippen molar-refractivity contribution in [3.63, 3.8) is 0 Å². The van der Waals surface area contributed by atoms with Crippen LogP contribution in [0.1, 0.15) is 44.0 Å². The van der Waals surface area contributed by atoms with Crippen molar-refractivity contribution in [2.45, 2.75) is 33.6 Å². The maximum absolute atomic E-state index is 13.2. The number of piperazine rings is 1. The van der Waals surface area contributed by atoms with Gasteiger partial charge < -0.3 is 15.1 Å². The topological polar surface area (TPSA) is 65.5 Å². The van der Waals surface area contributed by atoms with Gasteiger partial charge in [0.05, 0.1) is 0 Å². The summed E-state index contributed by atoms with van der Waals surface area (Å²) in [7, 11) is 0. The Morgan fingerprint density at radius 3 is 2.40 bits per heavy atom. The molecule has 0 spiro atoms. The Hall–Kier alpha value is -3.15. The number of nitrogens with zero attached hydrogens (tertiary/aromatic N) is 3. The smallest absolute Gasteiger partial charge is 0.251 e. The molecule has 35 heavy (non-hydrogen) atoms. The summed E-state index contributed by atoms with van der Waals surface area (Å²) >= 11 is 0. The van der Waals surface area contributed by atoms with Crippen molar-refractivity contribution >= 4 is 17.6 Å². The third-order valence-electron chi connectivity index (χ3n) is 7.64. The molecule has 1 fully saturated rings. The molecule has 0 radical (unpaired) electrons. The predicted octanol–water partition coefficient (Wildman–Crippen LogP) is 4.40. The fraction of sp³-hybridized carbons (Fsp3) is 0.483. The van der Waals surface area contributed by atoms with E-state index >= 15 is 0 Å². The lowest BCUT2D eigenvalue weighted by Gasteiger charge is -2.39. The summed E-state index contributed by atoms with van der Waals surface area (Å²) in [6, 6.07) is 15.3. The molecular formula is C29H38N4O2. The number of nitrogens with one attached hydrogen (secondary N) is 1. The van der Waals surface area contributed by atoms with Crippen LogP contribution in [-0.4, -0.2) is 54.4 Å². The van der Waals surface area contributed by atoms with Gasteiger partial charge in [0.15, 0.2) is 0 Å². The molecule has 1 aromatic carbocycles. The van der Waals surface area contributed by atoms with Crippen molar-refractivity contribution < 1.29 is 9.59 Å². The van der Waals surface area contributed by atoms with Crippen molar-refractivity contribution in [1.82, 2.24) is 15.2 Å². The first-order valence-electron chi connectivity index (χ1n) is 12.9. The third-order valence-corrected chi connectivity index (χ3v) is 7.64. The van der Waals surface area contributed by atoms with Crippen LogP contribution < -0.4 is 10.2 Å². The summed E-state index contributed by atoms with van der Waals surface area (Å²) in [6.07, 6.45) is 5.69. The standard InChI is InChI=1S/C29H38N4O2/c1-21(2)26-18-24(22(3)17-25(26)20-31-29(35)23-9-5-4-6-10-23)19-28(34)33-15-13-32(14-16-33)27-11-7-8-12-30-27/h4-12,17,21,24-26H,13-16,18-20H2,1-3H3,(H,31,35)/t24-,25-,26-/m0/s1. The van der Waals surface area contributed by atoms with Crippen LogP contribution in [0.3, 0.4) is 0 Å². The second-order valence-corrected chi connectivity index (χ2v) is 10.3. The lowest BCUT2D eigenvalue weighted by Crippen LogP contribution is -2.49. The van der Waals surface area contributed by atoms with Crippen LogP contribution in [0.4, 0.5) is 5.82 Å². The zero-order valence-corrected chi connectivity index (χ0v) is 21.2. The molecule has 6 nitrogen and oxygen atoms in total. The molecule has 2 heterocycles. The molecule has 4 rings (SSSR count). The van der Waals surface area contributed by atoms with Crippen molar-refractivity contribution in [2.75, 3.05) is 37.6 Å². The van der Waals surface area contributed by atoms with Crippen LogP contribution in [0.2, 0.25) is 0 Å². The SMILES string of the molecule is CC1=C[C@@H](CNC(=O)c2ccccc2)[C@H](C(C)C)C[C@H]1CC(=O)N1CCN(c2ccccn2)CC1. The largest absolute Gasteiger partial charge is 0.353 e. The van der Waals surface area contributed by atoms with Gasteiger partial charge >= 0.3 is 0 Å². The van der Waals surface area contributed by atoms with Gasteiger partial charge in [0.25, 0.3) is 5.91 Å². The van der Waals surface area contributed by atoms with Crippen LogP contribution in [0.5, 0.6) is 0 Å². The number of carbonyl (C=O) groups excluding carboxylic acids is 2. The van der Waals surface area contributed by atoms with Gasteiger partial charge in [-0.3, -0.25) is 9.59 Å². The van der Waals surface area contributed by atoms with Gasteiger partial charge in [0, 0.05) is 50.9 Å². The Morgan fingerprint density at radius 1 is 1.03 bits per heavy atom. The number of anilines is 1. The fourth-order valence-corrected chi connectivity index (χ4v) is 5.48. The second kappa shape index (κ2) is 11.5. The molecule has 6 heteroatoms. The van der Waals surface area contributed by atoms with Crippen LogP contribution >= 0.6 is 0 Å². The van der Waals surface area contributed by atoms with Crippen LogP contribution in [0, 0.1) is 23.7 Å². The van der Waals surface area contributed by atoms with Gasteiger partial charge in [-0.15, -0.1) is 0 Å². The average molecular weight is 475 g/mol. The van der Waals surface area contributed by atoms with Crippen LogP contribution in [0.25, 0.3) is 0 Å². The third kappa shape index (κ3) is 6.30. The van der Waals surface area contributed by atoms with Crippen molar-refractivity contribution in [3.8, 4) is 0 Å². The molecule has 0 bridgehead atoms. The highest BCUT2D eigenvalue weighted by Crippen LogP contribution is 2.39. The summed E-state index contributed by atoms with van der Waals surface area (Å²) in [5.74, 6) is 2.69. The summed E-state index contributed by atoms with van der Waals surface area (Å²) < 4.78 is 0. The molecule has 0 saturated carbocycles. The quantitative estimate of drug-likeness (QED) is 0.604. The van der Waals surface area contributed by atoms with Gasteiger partial charge in [-0.05, 0) is 61.3 Å². The predicted molar refractivity (Wildman–Crippen MR) is 140 cm³/mol. The Morgan fingerprint density at radius 2 is 1.74 bits per heavy atom. The zero-order valence-electron chi connectivity index (χ0n) is 21.2. The molecule has 1 N–H and O–H groups in total. The summed E-state index contributed by atoms with van der Waals surface area (Å²) in [5.41, 5.74) is 1.97. The first-order valence-corrected chi connectivity index (χ1v) is 12.9. The molecule has 0 unspecified atom stereocenters. The number of carbonyl (C=O) groups is 2. The van der Waals surface area contributed by atoms with Gasteiger partial charge in [0.1, 0.15) is 5.82 Å². The highest BCUT2D eigenvalue weighted by atomic mass is 16.2. The van der Waals surface area contributed by atoms with E-state index in [-0.39, 0.29) is 23.7 Å². The molecule has 2 amide bonds. The lowest BCUT2D eigenvalue weighted by atomic mass is 9.69. The number of amides is 2. The first-order chi connectivity index (χ1) is 16.9. The summed E-state index contributed by atoms with van der Waals surface area (Å²) in [5, 5.41) is 3.13. The maximum Gasteiger partial charge on any atom is 0.251 e. The Kier molecular flexibility index (Phi) is 8.21. The second-order valence-electron chi connectivity index (χ2n) is 10.3. The molecule has 2 aromatic rings. The monoisotopic (exact) mass is 474 g/mol. The molecule has 1 saturated heterocycles. The van der Waals surface area contributed by atoms with Crippen molar-refractivity contribution in [3.05, 3.63) is 71.9 Å². The number of pyridine rings is 1. The van der Waals surface area contributed by atoms with Gasteiger partial charge in [-0.1, -0.05) is 49.8 Å². The summed E-state index contributed by atoms with van der Waals surface area (Å²) in [6.45, 7) is 10.4. The van der Waals surface area contributed by atoms with E-state index in [1.807, 2.05) is 59.6 Å². The number of rotatable bonds is 7. The lowest BCUT2D eigenvalue weighted by molar-refractivity contribution is -0.132. The first kappa shape index (κ1) is 25.0. The fourth-order valence-electron chi connectivity index (χ4n) is 5.48. The highest BCUT2D eigenvalue weighted by Gasteiger charge is 2.34. The van der Waals surface area contributed by atoms with Crippen molar-refractivity contribution in [1.29, 1.82) is 0 Å². The minimum absolute atomic E-state index is 0.0266. The minimum Gasteiger partial charge on any atom is -0.353 e. The van der Waals surface area contributed by atoms with Crippen LogP contribution in [0.15, 0.2) is 66.4 Å². The van der Waals surface area contributed by atoms with E-state index in [1.54, 1.807) is 0 Å². The highest BCUT2D eigenvalue weighted by molar-refractivity contribution is 5.94. The van der Waals surface area contributed by atoms with Gasteiger partial charge in [-0.2, -0.15) is 0 Å². The zero-order chi connectivity index (χ0) is 24.8. The van der Waals surface area contributed by atoms with Gasteiger partial charge in [-0.25, -0.2) is 4.98 Å². The summed E-state index contributed by atoms with van der Waals surface area (Å²) in [4.78, 5) is 34.5. The molecule has 1 aliphatic heterocycles. The van der Waals surface area contributed by atoms with Gasteiger partial charge in [0.2, 0.25) is 5.91 Å². The minimum atomic E-state index is -0.0266. The van der Waals surface area contributed by atoms with E-state index in [0.29, 0.717) is 30.4 Å². The van der Waals surface area contributed by atoms with E-state index in [4.69, 9.17) is 0 Å². The number of hydrogen-bond donors (Lipinski definition) is 1. The average Bonchev–Trinajstić information content (AvgIpc) is 2.89. The molecule has 2 aliphatic rings. The van der Waals surface area contributed by atoms with Crippen LogP contribution in [-0.2, 0) is 4.79 Å². The van der Waals surface area contributed by atoms with E-state index in [2.05, 4.69) is 42.0 Å². The molecule has 186 valence electrons. The van der Waals surface area contributed by atoms with E-state index in [1.165, 1.54) is 5.57 Å². The Labute approximate surface area is 209 Å². The molecule has 1 aromatic heterocycles. The van der Waals surface area contributed by atoms with E-state index < -0.39 is 0 Å². The number of hydrogen-bond acceptors (Lipinski definition) is 4. The number of allylic oxidation sites excluding steroid dienone is 1. The number of aromatic nitrogens is 1. The molecule has 1 aliphatic carbocycles. The number of benzene rings is 1. The maximum atomic E-state index is 13.2. The molecular weight excluding hydrogens is 436 g/mol. The Balaban J connectivity index is 1.33. The van der Waals surface area contributed by atoms with E-state index in [9.17, 15) is 9.59 Å². The molecule has 3 atom stereocenters. The van der Waals surface area contributed by atoms with E-state index in [0.717, 1.165) is 38.4 Å². The van der Waals surface area contributed by atoms with Crippen molar-refractivity contribution in [2.24, 2.45) is 23.7 Å². The Bertz CT molecular complexity index is 1010.